The van der Waals surface area contributed by atoms with Crippen LogP contribution >= 0.6 is 0 Å². The monoisotopic (exact) mass is 181 g/mol. The van der Waals surface area contributed by atoms with E-state index in [9.17, 15) is 9.59 Å². The standard InChI is InChI=1S/C8H7NO4/c1-4(10)7-6(11)3-2-5(9-7)8(12)13/h2-3,11H,1H3,(H,12,13). The smallest absolute Gasteiger partial charge is 0.354 e. The Morgan fingerprint density at radius 2 is 2.00 bits per heavy atom. The van der Waals surface area contributed by atoms with Gasteiger partial charge >= 0.3 is 5.97 Å². The number of carboxylic acid groups (broad SMARTS) is 1. The van der Waals surface area contributed by atoms with Gasteiger partial charge in [0.05, 0.1) is 0 Å². The molecule has 0 saturated carbocycles. The molecule has 0 aliphatic carbocycles. The highest BCUT2D eigenvalue weighted by Gasteiger charge is 2.12. The predicted molar refractivity (Wildman–Crippen MR) is 42.9 cm³/mol. The van der Waals surface area contributed by atoms with Gasteiger partial charge < -0.3 is 10.2 Å². The average Bonchev–Trinajstić information content (AvgIpc) is 2.04. The first-order valence-corrected chi connectivity index (χ1v) is 3.46. The molecule has 5 heteroatoms. The Kier molecular flexibility index (Phi) is 2.27. The average molecular weight is 181 g/mol. The zero-order valence-corrected chi connectivity index (χ0v) is 6.81. The number of ketones is 1. The lowest BCUT2D eigenvalue weighted by atomic mass is 10.2. The summed E-state index contributed by atoms with van der Waals surface area (Å²) in [6.45, 7) is 1.20. The van der Waals surface area contributed by atoms with E-state index in [0.717, 1.165) is 12.1 Å². The second-order valence-electron chi connectivity index (χ2n) is 2.43. The van der Waals surface area contributed by atoms with Crippen molar-refractivity contribution in [2.75, 3.05) is 0 Å². The highest BCUT2D eigenvalue weighted by Crippen LogP contribution is 2.15. The van der Waals surface area contributed by atoms with E-state index in [1.807, 2.05) is 0 Å². The van der Waals surface area contributed by atoms with E-state index in [1.54, 1.807) is 0 Å². The molecule has 0 radical (unpaired) electrons. The largest absolute Gasteiger partial charge is 0.506 e. The van der Waals surface area contributed by atoms with Gasteiger partial charge in [-0.25, -0.2) is 9.78 Å². The van der Waals surface area contributed by atoms with Crippen LogP contribution in [0.15, 0.2) is 12.1 Å². The zero-order chi connectivity index (χ0) is 10.0. The summed E-state index contributed by atoms with van der Waals surface area (Å²) in [5, 5.41) is 17.6. The Morgan fingerprint density at radius 3 is 2.46 bits per heavy atom. The Hall–Kier alpha value is -1.91. The normalized spacial score (nSPS) is 9.62. The van der Waals surface area contributed by atoms with Crippen molar-refractivity contribution in [3.63, 3.8) is 0 Å². The zero-order valence-electron chi connectivity index (χ0n) is 6.81. The fourth-order valence-corrected chi connectivity index (χ4v) is 0.830. The topological polar surface area (TPSA) is 87.5 Å². The molecule has 1 heterocycles. The molecular weight excluding hydrogens is 174 g/mol. The van der Waals surface area contributed by atoms with E-state index in [2.05, 4.69) is 4.98 Å². The summed E-state index contributed by atoms with van der Waals surface area (Å²) in [6, 6.07) is 2.26. The maximum absolute atomic E-state index is 10.8. The van der Waals surface area contributed by atoms with Crippen molar-refractivity contribution < 1.29 is 19.8 Å². The molecule has 0 fully saturated rings. The third-order valence-electron chi connectivity index (χ3n) is 1.43. The summed E-state index contributed by atoms with van der Waals surface area (Å²) < 4.78 is 0. The van der Waals surface area contributed by atoms with E-state index in [-0.39, 0.29) is 17.1 Å². The van der Waals surface area contributed by atoms with E-state index >= 15 is 0 Å². The fraction of sp³-hybridized carbons (Fsp3) is 0.125. The van der Waals surface area contributed by atoms with Crippen LogP contribution < -0.4 is 0 Å². The summed E-state index contributed by atoms with van der Waals surface area (Å²) in [4.78, 5) is 24.7. The van der Waals surface area contributed by atoms with Gasteiger partial charge in [0.15, 0.2) is 5.78 Å². The van der Waals surface area contributed by atoms with E-state index in [1.165, 1.54) is 6.92 Å². The molecule has 1 aromatic rings. The molecule has 13 heavy (non-hydrogen) atoms. The SMILES string of the molecule is CC(=O)c1nc(C(=O)O)ccc1O. The Balaban J connectivity index is 3.27. The van der Waals surface area contributed by atoms with Gasteiger partial charge in [-0.3, -0.25) is 4.79 Å². The molecule has 0 aromatic carbocycles. The number of hydrogen-bond acceptors (Lipinski definition) is 4. The van der Waals surface area contributed by atoms with Gasteiger partial charge in [-0.05, 0) is 12.1 Å². The lowest BCUT2D eigenvalue weighted by Gasteiger charge is -1.99. The van der Waals surface area contributed by atoms with Crippen LogP contribution in [0.4, 0.5) is 0 Å². The Labute approximate surface area is 73.7 Å². The summed E-state index contributed by atoms with van der Waals surface area (Å²) in [5.74, 6) is -2.01. The van der Waals surface area contributed by atoms with Gasteiger partial charge in [0.2, 0.25) is 0 Å². The summed E-state index contributed by atoms with van der Waals surface area (Å²) in [5.41, 5.74) is -0.483. The van der Waals surface area contributed by atoms with E-state index in [0.29, 0.717) is 0 Å². The van der Waals surface area contributed by atoms with Crippen LogP contribution in [0.2, 0.25) is 0 Å². The second kappa shape index (κ2) is 3.22. The highest BCUT2D eigenvalue weighted by molar-refractivity contribution is 5.96. The van der Waals surface area contributed by atoms with Gasteiger partial charge in [0.1, 0.15) is 17.1 Å². The van der Waals surface area contributed by atoms with Crippen molar-refractivity contribution in [3.8, 4) is 5.75 Å². The maximum atomic E-state index is 10.8. The lowest BCUT2D eigenvalue weighted by molar-refractivity contribution is 0.0690. The van der Waals surface area contributed by atoms with Crippen LogP contribution in [-0.4, -0.2) is 26.9 Å². The summed E-state index contributed by atoms with van der Waals surface area (Å²) >= 11 is 0. The van der Waals surface area contributed by atoms with Crippen molar-refractivity contribution in [2.45, 2.75) is 6.92 Å². The van der Waals surface area contributed by atoms with Gasteiger partial charge in [0.25, 0.3) is 0 Å². The number of nitrogens with zero attached hydrogens (tertiary/aromatic N) is 1. The summed E-state index contributed by atoms with van der Waals surface area (Å²) in [7, 11) is 0. The van der Waals surface area contributed by atoms with Gasteiger partial charge in [0, 0.05) is 6.92 Å². The van der Waals surface area contributed by atoms with Crippen molar-refractivity contribution >= 4 is 11.8 Å². The third-order valence-corrected chi connectivity index (χ3v) is 1.43. The predicted octanol–water partition coefficient (Wildman–Crippen LogP) is 0.688. The third kappa shape index (κ3) is 1.81. The molecule has 0 atom stereocenters. The van der Waals surface area contributed by atoms with Crippen molar-refractivity contribution in [2.24, 2.45) is 0 Å². The van der Waals surface area contributed by atoms with Crippen molar-refractivity contribution in [3.05, 3.63) is 23.5 Å². The Bertz CT molecular complexity index is 372. The number of aromatic carboxylic acids is 1. The molecule has 2 N–H and O–H groups in total. The second-order valence-corrected chi connectivity index (χ2v) is 2.43. The number of carbonyl (C=O) groups excluding carboxylic acids is 1. The molecule has 1 aromatic heterocycles. The number of rotatable bonds is 2. The molecular formula is C8H7NO4. The van der Waals surface area contributed by atoms with Crippen molar-refractivity contribution in [1.82, 2.24) is 4.98 Å². The molecule has 1 rings (SSSR count). The lowest BCUT2D eigenvalue weighted by Crippen LogP contribution is -2.05. The quantitative estimate of drug-likeness (QED) is 0.655. The minimum absolute atomic E-state index is 0.222. The molecule has 0 bridgehead atoms. The van der Waals surface area contributed by atoms with Crippen LogP contribution in [0.25, 0.3) is 0 Å². The number of pyridine rings is 1. The minimum atomic E-state index is -1.23. The van der Waals surface area contributed by atoms with Crippen LogP contribution in [0.3, 0.4) is 0 Å². The minimum Gasteiger partial charge on any atom is -0.506 e. The van der Waals surface area contributed by atoms with Crippen molar-refractivity contribution in [1.29, 1.82) is 0 Å². The summed E-state index contributed by atoms with van der Waals surface area (Å²) in [6.07, 6.45) is 0. The Morgan fingerprint density at radius 1 is 1.38 bits per heavy atom. The van der Waals surface area contributed by atoms with Gasteiger partial charge in [-0.1, -0.05) is 0 Å². The molecule has 68 valence electrons. The maximum Gasteiger partial charge on any atom is 0.354 e. The molecule has 0 unspecified atom stereocenters. The first-order chi connectivity index (χ1) is 6.02. The highest BCUT2D eigenvalue weighted by atomic mass is 16.4. The number of carboxylic acids is 1. The van der Waals surface area contributed by atoms with Crippen LogP contribution in [0.1, 0.15) is 27.9 Å². The number of aromatic nitrogens is 1. The van der Waals surface area contributed by atoms with Gasteiger partial charge in [-0.15, -0.1) is 0 Å². The number of Topliss-reactive ketones (excluding diaryl/α,β-unsaturated/α-hetero) is 1. The van der Waals surface area contributed by atoms with Crippen LogP contribution in [0, 0.1) is 0 Å². The fourth-order valence-electron chi connectivity index (χ4n) is 0.830. The molecule has 0 aliphatic heterocycles. The first-order valence-electron chi connectivity index (χ1n) is 3.46. The van der Waals surface area contributed by atoms with Crippen LogP contribution in [-0.2, 0) is 0 Å². The first kappa shape index (κ1) is 9.18. The number of aromatic hydroxyl groups is 1. The van der Waals surface area contributed by atoms with Crippen LogP contribution in [0.5, 0.6) is 5.75 Å². The van der Waals surface area contributed by atoms with E-state index in [4.69, 9.17) is 10.2 Å². The molecule has 0 spiro atoms. The van der Waals surface area contributed by atoms with E-state index < -0.39 is 11.8 Å². The number of carbonyl (C=O) groups is 2. The molecule has 0 saturated heterocycles. The van der Waals surface area contributed by atoms with Gasteiger partial charge in [-0.2, -0.15) is 0 Å². The molecule has 0 amide bonds. The number of hydrogen-bond donors (Lipinski definition) is 2. The molecule has 5 nitrogen and oxygen atoms in total. The molecule has 0 aliphatic rings.